The van der Waals surface area contributed by atoms with Crippen LogP contribution >= 0.6 is 35.6 Å². The number of aliphatic hydroxyl groups is 1. The number of nitrogens with one attached hydrogen (secondary N) is 2. The van der Waals surface area contributed by atoms with Crippen LogP contribution in [0, 0.1) is 0 Å². The first-order chi connectivity index (χ1) is 13.9. The average molecular weight is 545 g/mol. The Morgan fingerprint density at radius 2 is 1.87 bits per heavy atom. The van der Waals surface area contributed by atoms with Gasteiger partial charge in [0.1, 0.15) is 0 Å². The van der Waals surface area contributed by atoms with Crippen molar-refractivity contribution in [2.75, 3.05) is 33.7 Å². The SMILES string of the molecule is CCNC(=NCC(O)c1ccc(Cl)cc1)NCCc1cccc(C(=O)N(C)C)c1.I. The second kappa shape index (κ2) is 13.5. The number of rotatable bonds is 8. The summed E-state index contributed by atoms with van der Waals surface area (Å²) in [4.78, 5) is 18.1. The molecular formula is C22H30ClIN4O2. The number of halogens is 2. The summed E-state index contributed by atoms with van der Waals surface area (Å²) in [5.74, 6) is 0.631. The number of aliphatic imine (C=N–C) groups is 1. The molecule has 0 radical (unpaired) electrons. The third-order valence-corrected chi connectivity index (χ3v) is 4.56. The molecule has 0 spiro atoms. The van der Waals surface area contributed by atoms with Crippen molar-refractivity contribution in [2.24, 2.45) is 4.99 Å². The Morgan fingerprint density at radius 1 is 1.17 bits per heavy atom. The first-order valence-electron chi connectivity index (χ1n) is 9.67. The fourth-order valence-corrected chi connectivity index (χ4v) is 2.88. The molecule has 0 heterocycles. The van der Waals surface area contributed by atoms with E-state index < -0.39 is 6.10 Å². The summed E-state index contributed by atoms with van der Waals surface area (Å²) in [6.45, 7) is 3.60. The summed E-state index contributed by atoms with van der Waals surface area (Å²) in [7, 11) is 3.49. The number of nitrogens with zero attached hydrogens (tertiary/aromatic N) is 2. The van der Waals surface area contributed by atoms with Crippen molar-refractivity contribution in [1.29, 1.82) is 0 Å². The summed E-state index contributed by atoms with van der Waals surface area (Å²) in [6.07, 6.45) is 0.0510. The predicted molar refractivity (Wildman–Crippen MR) is 134 cm³/mol. The van der Waals surface area contributed by atoms with Crippen LogP contribution in [0.5, 0.6) is 0 Å². The van der Waals surface area contributed by atoms with E-state index in [2.05, 4.69) is 15.6 Å². The maximum atomic E-state index is 12.1. The van der Waals surface area contributed by atoms with Crippen LogP contribution in [0.25, 0.3) is 0 Å². The molecule has 0 aromatic heterocycles. The molecule has 0 aliphatic carbocycles. The van der Waals surface area contributed by atoms with Crippen molar-refractivity contribution in [3.05, 3.63) is 70.2 Å². The molecule has 6 nitrogen and oxygen atoms in total. The first-order valence-corrected chi connectivity index (χ1v) is 10.0. The number of benzene rings is 2. The van der Waals surface area contributed by atoms with Gasteiger partial charge in [-0.25, -0.2) is 0 Å². The minimum Gasteiger partial charge on any atom is -0.386 e. The summed E-state index contributed by atoms with van der Waals surface area (Å²) < 4.78 is 0. The molecule has 164 valence electrons. The Bertz CT molecular complexity index is 828. The standard InChI is InChI=1S/C22H29ClN4O2.HI/c1-4-24-22(26-15-20(28)17-8-10-19(23)11-9-17)25-13-12-16-6-5-7-18(14-16)21(29)27(2)3;/h5-11,14,20,28H,4,12-13,15H2,1-3H3,(H2,24,25,26);1H. The second-order valence-electron chi connectivity index (χ2n) is 6.86. The van der Waals surface area contributed by atoms with Crippen molar-refractivity contribution < 1.29 is 9.90 Å². The normalized spacial score (nSPS) is 12.0. The quantitative estimate of drug-likeness (QED) is 0.270. The number of aliphatic hydroxyl groups excluding tert-OH is 1. The van der Waals surface area contributed by atoms with Crippen LogP contribution in [0.4, 0.5) is 0 Å². The Balaban J connectivity index is 0.00000450. The van der Waals surface area contributed by atoms with Crippen LogP contribution in [0.2, 0.25) is 5.02 Å². The van der Waals surface area contributed by atoms with Crippen molar-refractivity contribution in [2.45, 2.75) is 19.4 Å². The minimum atomic E-state index is -0.698. The Hall–Kier alpha value is -1.84. The molecule has 2 rings (SSSR count). The lowest BCUT2D eigenvalue weighted by Gasteiger charge is -2.14. The third-order valence-electron chi connectivity index (χ3n) is 4.31. The monoisotopic (exact) mass is 544 g/mol. The zero-order chi connectivity index (χ0) is 21.2. The zero-order valence-electron chi connectivity index (χ0n) is 17.6. The summed E-state index contributed by atoms with van der Waals surface area (Å²) >= 11 is 5.89. The van der Waals surface area contributed by atoms with Gasteiger partial charge in [0.05, 0.1) is 12.6 Å². The van der Waals surface area contributed by atoms with Gasteiger partial charge in [0.15, 0.2) is 5.96 Å². The lowest BCUT2D eigenvalue weighted by atomic mass is 10.1. The van der Waals surface area contributed by atoms with E-state index in [4.69, 9.17) is 11.6 Å². The highest BCUT2D eigenvalue weighted by Gasteiger charge is 2.09. The van der Waals surface area contributed by atoms with E-state index in [1.165, 1.54) is 0 Å². The minimum absolute atomic E-state index is 0. The van der Waals surface area contributed by atoms with Crippen molar-refractivity contribution in [3.8, 4) is 0 Å². The Labute approximate surface area is 200 Å². The predicted octanol–water partition coefficient (Wildman–Crippen LogP) is 3.49. The second-order valence-corrected chi connectivity index (χ2v) is 7.30. The molecule has 2 aromatic carbocycles. The molecule has 0 saturated carbocycles. The molecule has 0 aliphatic heterocycles. The van der Waals surface area contributed by atoms with E-state index in [9.17, 15) is 9.90 Å². The first kappa shape index (κ1) is 26.2. The van der Waals surface area contributed by atoms with Gasteiger partial charge in [0, 0.05) is 37.8 Å². The molecule has 1 unspecified atom stereocenters. The van der Waals surface area contributed by atoms with Crippen LogP contribution in [0.3, 0.4) is 0 Å². The lowest BCUT2D eigenvalue weighted by Crippen LogP contribution is -2.38. The highest BCUT2D eigenvalue weighted by atomic mass is 127. The zero-order valence-corrected chi connectivity index (χ0v) is 20.6. The van der Waals surface area contributed by atoms with Crippen LogP contribution in [-0.2, 0) is 6.42 Å². The van der Waals surface area contributed by atoms with Crippen LogP contribution in [0.1, 0.15) is 34.5 Å². The molecule has 2 aromatic rings. The molecule has 0 bridgehead atoms. The van der Waals surface area contributed by atoms with Gasteiger partial charge in [-0.15, -0.1) is 24.0 Å². The highest BCUT2D eigenvalue weighted by Crippen LogP contribution is 2.16. The Morgan fingerprint density at radius 3 is 2.50 bits per heavy atom. The van der Waals surface area contributed by atoms with Gasteiger partial charge < -0.3 is 20.6 Å². The highest BCUT2D eigenvalue weighted by molar-refractivity contribution is 14.0. The lowest BCUT2D eigenvalue weighted by molar-refractivity contribution is 0.0827. The molecule has 0 fully saturated rings. The van der Waals surface area contributed by atoms with E-state index in [-0.39, 0.29) is 36.4 Å². The molecule has 0 saturated heterocycles. The van der Waals surface area contributed by atoms with Crippen LogP contribution in [0.15, 0.2) is 53.5 Å². The summed E-state index contributed by atoms with van der Waals surface area (Å²) in [5.41, 5.74) is 2.53. The topological polar surface area (TPSA) is 77.0 Å². The van der Waals surface area contributed by atoms with E-state index in [0.29, 0.717) is 23.1 Å². The molecule has 30 heavy (non-hydrogen) atoms. The fraction of sp³-hybridized carbons (Fsp3) is 0.364. The smallest absolute Gasteiger partial charge is 0.253 e. The number of carbonyl (C=O) groups excluding carboxylic acids is 1. The average Bonchev–Trinajstić information content (AvgIpc) is 2.72. The van der Waals surface area contributed by atoms with Crippen molar-refractivity contribution in [3.63, 3.8) is 0 Å². The van der Waals surface area contributed by atoms with Gasteiger partial charge in [-0.05, 0) is 48.7 Å². The van der Waals surface area contributed by atoms with Gasteiger partial charge in [0.2, 0.25) is 0 Å². The number of carbonyl (C=O) groups is 1. The van der Waals surface area contributed by atoms with Crippen molar-refractivity contribution >= 4 is 47.4 Å². The van der Waals surface area contributed by atoms with Gasteiger partial charge in [0.25, 0.3) is 5.91 Å². The molecular weight excluding hydrogens is 515 g/mol. The molecule has 1 atom stereocenters. The molecule has 3 N–H and O–H groups in total. The van der Waals surface area contributed by atoms with E-state index in [1.54, 1.807) is 43.3 Å². The van der Waals surface area contributed by atoms with E-state index >= 15 is 0 Å². The number of amides is 1. The van der Waals surface area contributed by atoms with Gasteiger partial charge in [-0.1, -0.05) is 35.9 Å². The maximum Gasteiger partial charge on any atom is 0.253 e. The van der Waals surface area contributed by atoms with Gasteiger partial charge in [-0.3, -0.25) is 9.79 Å². The molecule has 1 amide bonds. The van der Waals surface area contributed by atoms with E-state index in [0.717, 1.165) is 24.1 Å². The van der Waals surface area contributed by atoms with Crippen LogP contribution < -0.4 is 10.6 Å². The number of hydrogen-bond acceptors (Lipinski definition) is 3. The van der Waals surface area contributed by atoms with Crippen LogP contribution in [-0.4, -0.2) is 55.6 Å². The number of hydrogen-bond donors (Lipinski definition) is 3. The summed E-state index contributed by atoms with van der Waals surface area (Å²) in [6, 6.07) is 14.7. The molecule has 0 aliphatic rings. The van der Waals surface area contributed by atoms with E-state index in [1.807, 2.05) is 31.2 Å². The maximum absolute atomic E-state index is 12.1. The third kappa shape index (κ3) is 8.49. The fourth-order valence-electron chi connectivity index (χ4n) is 2.75. The molecule has 8 heteroatoms. The Kier molecular flexibility index (Phi) is 11.8. The van der Waals surface area contributed by atoms with Gasteiger partial charge in [-0.2, -0.15) is 0 Å². The summed E-state index contributed by atoms with van der Waals surface area (Å²) in [5, 5.41) is 17.4. The van der Waals surface area contributed by atoms with Gasteiger partial charge >= 0.3 is 0 Å². The largest absolute Gasteiger partial charge is 0.386 e. The number of guanidine groups is 1. The van der Waals surface area contributed by atoms with Crippen molar-refractivity contribution in [1.82, 2.24) is 15.5 Å².